The number of nitrogens with zero attached hydrogens (tertiary/aromatic N) is 2. The SMILES string of the molecule is Cc1cc2c(Nc3c(F)cccc3Cl)nc(Cl)nc2s1. The van der Waals surface area contributed by atoms with Crippen molar-refractivity contribution in [1.29, 1.82) is 0 Å². The number of halogens is 3. The highest BCUT2D eigenvalue weighted by Gasteiger charge is 2.13. The van der Waals surface area contributed by atoms with Gasteiger partial charge in [-0.3, -0.25) is 0 Å². The van der Waals surface area contributed by atoms with Crippen molar-refractivity contribution in [1.82, 2.24) is 9.97 Å². The first kappa shape index (κ1) is 13.5. The van der Waals surface area contributed by atoms with Gasteiger partial charge in [-0.1, -0.05) is 17.7 Å². The van der Waals surface area contributed by atoms with E-state index in [1.807, 2.05) is 13.0 Å². The Balaban J connectivity index is 2.15. The molecule has 0 amide bonds. The molecule has 0 radical (unpaired) electrons. The molecule has 102 valence electrons. The Labute approximate surface area is 128 Å². The maximum absolute atomic E-state index is 13.8. The van der Waals surface area contributed by atoms with Gasteiger partial charge in [-0.25, -0.2) is 9.37 Å². The number of anilines is 2. The van der Waals surface area contributed by atoms with Crippen molar-refractivity contribution in [3.05, 3.63) is 45.3 Å². The van der Waals surface area contributed by atoms with E-state index in [1.165, 1.54) is 17.4 Å². The summed E-state index contributed by atoms with van der Waals surface area (Å²) in [5.41, 5.74) is 0.175. The molecule has 0 aliphatic carbocycles. The van der Waals surface area contributed by atoms with Gasteiger partial charge in [0.25, 0.3) is 0 Å². The first-order valence-electron chi connectivity index (χ1n) is 5.69. The predicted molar refractivity (Wildman–Crippen MR) is 81.9 cm³/mol. The van der Waals surface area contributed by atoms with Crippen molar-refractivity contribution in [3.63, 3.8) is 0 Å². The van der Waals surface area contributed by atoms with Crippen LogP contribution >= 0.6 is 34.5 Å². The molecule has 0 aliphatic rings. The maximum atomic E-state index is 13.8. The number of para-hydroxylation sites is 1. The van der Waals surface area contributed by atoms with E-state index >= 15 is 0 Å². The minimum atomic E-state index is -0.452. The summed E-state index contributed by atoms with van der Waals surface area (Å²) >= 11 is 13.4. The van der Waals surface area contributed by atoms with Crippen LogP contribution in [0.25, 0.3) is 10.2 Å². The lowest BCUT2D eigenvalue weighted by Crippen LogP contribution is -1.98. The van der Waals surface area contributed by atoms with Gasteiger partial charge in [-0.05, 0) is 36.7 Å². The van der Waals surface area contributed by atoms with Crippen molar-refractivity contribution in [3.8, 4) is 0 Å². The van der Waals surface area contributed by atoms with E-state index in [0.717, 1.165) is 15.1 Å². The van der Waals surface area contributed by atoms with E-state index < -0.39 is 5.82 Å². The second-order valence-electron chi connectivity index (χ2n) is 4.14. The fraction of sp³-hybridized carbons (Fsp3) is 0.0769. The van der Waals surface area contributed by atoms with Crippen molar-refractivity contribution < 1.29 is 4.39 Å². The predicted octanol–water partition coefficient (Wildman–Crippen LogP) is 5.19. The standard InChI is InChI=1S/C13H8Cl2FN3S/c1-6-5-7-11(18-13(15)19-12(7)20-6)17-10-8(14)3-2-4-9(10)16/h2-5H,1H3,(H,17,18,19). The van der Waals surface area contributed by atoms with Crippen LogP contribution in [0.15, 0.2) is 24.3 Å². The van der Waals surface area contributed by atoms with Crippen LogP contribution in [0.3, 0.4) is 0 Å². The van der Waals surface area contributed by atoms with Gasteiger partial charge in [0, 0.05) is 4.88 Å². The summed E-state index contributed by atoms with van der Waals surface area (Å²) in [6, 6.07) is 6.40. The van der Waals surface area contributed by atoms with Crippen LogP contribution in [0.2, 0.25) is 10.3 Å². The Kier molecular flexibility index (Phi) is 3.50. The van der Waals surface area contributed by atoms with Gasteiger partial charge in [0.15, 0.2) is 0 Å². The number of rotatable bonds is 2. The summed E-state index contributed by atoms with van der Waals surface area (Å²) in [6.45, 7) is 1.96. The third-order valence-corrected chi connectivity index (χ3v) is 4.12. The van der Waals surface area contributed by atoms with Gasteiger partial charge in [-0.2, -0.15) is 4.98 Å². The number of aryl methyl sites for hydroxylation is 1. The Hall–Kier alpha value is -1.43. The lowest BCUT2D eigenvalue weighted by Gasteiger charge is -2.09. The van der Waals surface area contributed by atoms with Crippen LogP contribution in [-0.4, -0.2) is 9.97 Å². The van der Waals surface area contributed by atoms with Crippen LogP contribution < -0.4 is 5.32 Å². The van der Waals surface area contributed by atoms with Gasteiger partial charge in [0.2, 0.25) is 5.28 Å². The van der Waals surface area contributed by atoms with Crippen LogP contribution in [0.5, 0.6) is 0 Å². The third kappa shape index (κ3) is 2.44. The number of nitrogens with one attached hydrogen (secondary N) is 1. The van der Waals surface area contributed by atoms with E-state index in [2.05, 4.69) is 15.3 Å². The van der Waals surface area contributed by atoms with Gasteiger partial charge in [0.1, 0.15) is 16.5 Å². The fourth-order valence-electron chi connectivity index (χ4n) is 1.85. The number of fused-ring (bicyclic) bond motifs is 1. The normalized spacial score (nSPS) is 11.0. The van der Waals surface area contributed by atoms with Crippen molar-refractivity contribution in [2.24, 2.45) is 0 Å². The Morgan fingerprint density at radius 3 is 2.80 bits per heavy atom. The first-order chi connectivity index (χ1) is 9.54. The lowest BCUT2D eigenvalue weighted by atomic mass is 10.3. The number of benzene rings is 1. The molecule has 0 unspecified atom stereocenters. The van der Waals surface area contributed by atoms with Crippen molar-refractivity contribution >= 4 is 56.3 Å². The second-order valence-corrected chi connectivity index (χ2v) is 6.12. The first-order valence-corrected chi connectivity index (χ1v) is 7.26. The highest BCUT2D eigenvalue weighted by atomic mass is 35.5. The minimum Gasteiger partial charge on any atom is -0.336 e. The highest BCUT2D eigenvalue weighted by molar-refractivity contribution is 7.18. The lowest BCUT2D eigenvalue weighted by molar-refractivity contribution is 0.632. The van der Waals surface area contributed by atoms with Crippen LogP contribution in [0.1, 0.15) is 4.88 Å². The summed E-state index contributed by atoms with van der Waals surface area (Å²) in [5.74, 6) is -0.0105. The summed E-state index contributed by atoms with van der Waals surface area (Å²) in [7, 11) is 0. The van der Waals surface area contributed by atoms with Gasteiger partial charge in [0.05, 0.1) is 16.1 Å². The molecule has 2 aromatic heterocycles. The average molecular weight is 328 g/mol. The molecule has 3 nitrogen and oxygen atoms in total. The summed E-state index contributed by atoms with van der Waals surface area (Å²) < 4.78 is 13.8. The van der Waals surface area contributed by atoms with Gasteiger partial charge < -0.3 is 5.32 Å². The van der Waals surface area contributed by atoms with Crippen molar-refractivity contribution in [2.75, 3.05) is 5.32 Å². The number of aromatic nitrogens is 2. The Morgan fingerprint density at radius 1 is 1.25 bits per heavy atom. The molecule has 0 saturated carbocycles. The zero-order valence-corrected chi connectivity index (χ0v) is 12.6. The van der Waals surface area contributed by atoms with Crippen molar-refractivity contribution in [2.45, 2.75) is 6.92 Å². The topological polar surface area (TPSA) is 37.8 Å². The van der Waals surface area contributed by atoms with E-state index in [1.54, 1.807) is 12.1 Å². The number of hydrogen-bond donors (Lipinski definition) is 1. The molecule has 3 aromatic rings. The molecule has 1 aromatic carbocycles. The number of thiophene rings is 1. The monoisotopic (exact) mass is 327 g/mol. The molecular weight excluding hydrogens is 320 g/mol. The smallest absolute Gasteiger partial charge is 0.225 e. The van der Waals surface area contributed by atoms with E-state index in [0.29, 0.717) is 5.82 Å². The maximum Gasteiger partial charge on any atom is 0.225 e. The minimum absolute atomic E-state index is 0.106. The van der Waals surface area contributed by atoms with E-state index in [4.69, 9.17) is 23.2 Å². The molecule has 2 heterocycles. The van der Waals surface area contributed by atoms with E-state index in [-0.39, 0.29) is 16.0 Å². The zero-order chi connectivity index (χ0) is 14.3. The van der Waals surface area contributed by atoms with E-state index in [9.17, 15) is 4.39 Å². The largest absolute Gasteiger partial charge is 0.336 e. The highest BCUT2D eigenvalue weighted by Crippen LogP contribution is 2.34. The quantitative estimate of drug-likeness (QED) is 0.658. The average Bonchev–Trinajstić information content (AvgIpc) is 2.74. The molecule has 0 spiro atoms. The molecule has 0 bridgehead atoms. The molecule has 1 N–H and O–H groups in total. The molecule has 0 fully saturated rings. The van der Waals surface area contributed by atoms with Crippen LogP contribution in [0, 0.1) is 12.7 Å². The zero-order valence-electron chi connectivity index (χ0n) is 10.2. The molecule has 3 rings (SSSR count). The van der Waals surface area contributed by atoms with Gasteiger partial charge in [-0.15, -0.1) is 11.3 Å². The molecule has 20 heavy (non-hydrogen) atoms. The summed E-state index contributed by atoms with van der Waals surface area (Å²) in [4.78, 5) is 10.1. The third-order valence-electron chi connectivity index (χ3n) is 2.69. The second kappa shape index (κ2) is 5.16. The number of hydrogen-bond acceptors (Lipinski definition) is 4. The van der Waals surface area contributed by atoms with Gasteiger partial charge >= 0.3 is 0 Å². The molecule has 7 heteroatoms. The Morgan fingerprint density at radius 2 is 2.05 bits per heavy atom. The molecular formula is C13H8Cl2FN3S. The fourth-order valence-corrected chi connectivity index (χ4v) is 3.16. The Bertz CT molecular complexity index is 783. The molecule has 0 aliphatic heterocycles. The molecule has 0 saturated heterocycles. The van der Waals surface area contributed by atoms with Crippen LogP contribution in [0.4, 0.5) is 15.9 Å². The summed E-state index contributed by atoms with van der Waals surface area (Å²) in [6.07, 6.45) is 0. The van der Waals surface area contributed by atoms with Crippen LogP contribution in [-0.2, 0) is 0 Å². The molecule has 0 atom stereocenters. The summed E-state index contributed by atoms with van der Waals surface area (Å²) in [5, 5.41) is 4.07.